The highest BCUT2D eigenvalue weighted by Gasteiger charge is 2.25. The highest BCUT2D eigenvalue weighted by atomic mass is 35.5. The van der Waals surface area contributed by atoms with E-state index < -0.39 is 33.6 Å². The molecular weight excluding hydrogens is 397 g/mol. The zero-order valence-corrected chi connectivity index (χ0v) is 15.0. The number of halogens is 4. The Kier molecular flexibility index (Phi) is 5.99. The molecule has 0 aliphatic carbocycles. The summed E-state index contributed by atoms with van der Waals surface area (Å²) in [5, 5.41) is 2.24. The Hall–Kier alpha value is -1.74. The summed E-state index contributed by atoms with van der Waals surface area (Å²) in [6.07, 6.45) is 0. The third kappa shape index (κ3) is 4.88. The fourth-order valence-corrected chi connectivity index (χ4v) is 3.83. The molecule has 0 saturated carbocycles. The summed E-state index contributed by atoms with van der Waals surface area (Å²) in [6.45, 7) is 1.26. The SMILES string of the molecule is C[C@H](NS(=O)(=O)c1cc(Cl)ccc1Cl)C(=O)Nc1ccc(F)cc1F. The van der Waals surface area contributed by atoms with Crippen LogP contribution in [-0.4, -0.2) is 20.4 Å². The van der Waals surface area contributed by atoms with Crippen LogP contribution in [0.3, 0.4) is 0 Å². The number of benzene rings is 2. The first-order valence-corrected chi connectivity index (χ1v) is 9.07. The number of hydrogen-bond acceptors (Lipinski definition) is 3. The number of carbonyl (C=O) groups is 1. The molecule has 10 heteroatoms. The summed E-state index contributed by atoms with van der Waals surface area (Å²) < 4.78 is 53.2. The van der Waals surface area contributed by atoms with Gasteiger partial charge in [-0.2, -0.15) is 4.72 Å². The molecule has 0 unspecified atom stereocenters. The first-order valence-electron chi connectivity index (χ1n) is 6.83. The Bertz CT molecular complexity index is 923. The predicted molar refractivity (Wildman–Crippen MR) is 91.2 cm³/mol. The van der Waals surface area contributed by atoms with Crippen LogP contribution in [0.25, 0.3) is 0 Å². The van der Waals surface area contributed by atoms with Crippen molar-refractivity contribution in [3.63, 3.8) is 0 Å². The maximum absolute atomic E-state index is 13.5. The van der Waals surface area contributed by atoms with Gasteiger partial charge in [0.05, 0.1) is 16.8 Å². The average Bonchev–Trinajstić information content (AvgIpc) is 2.51. The molecule has 25 heavy (non-hydrogen) atoms. The lowest BCUT2D eigenvalue weighted by atomic mass is 10.2. The van der Waals surface area contributed by atoms with Crippen molar-refractivity contribution in [2.75, 3.05) is 5.32 Å². The van der Waals surface area contributed by atoms with Gasteiger partial charge in [-0.1, -0.05) is 23.2 Å². The van der Waals surface area contributed by atoms with Crippen molar-refractivity contribution < 1.29 is 22.0 Å². The molecule has 0 fully saturated rings. The van der Waals surface area contributed by atoms with E-state index in [0.29, 0.717) is 6.07 Å². The summed E-state index contributed by atoms with van der Waals surface area (Å²) in [7, 11) is -4.15. The highest BCUT2D eigenvalue weighted by Crippen LogP contribution is 2.25. The number of amides is 1. The van der Waals surface area contributed by atoms with Crippen molar-refractivity contribution in [1.82, 2.24) is 4.72 Å². The largest absolute Gasteiger partial charge is 0.322 e. The lowest BCUT2D eigenvalue weighted by molar-refractivity contribution is -0.117. The minimum atomic E-state index is -4.15. The molecule has 0 radical (unpaired) electrons. The van der Waals surface area contributed by atoms with Gasteiger partial charge in [0, 0.05) is 11.1 Å². The maximum Gasteiger partial charge on any atom is 0.242 e. The number of hydrogen-bond donors (Lipinski definition) is 2. The Morgan fingerprint density at radius 2 is 1.80 bits per heavy atom. The third-order valence-electron chi connectivity index (χ3n) is 3.10. The Morgan fingerprint density at radius 1 is 1.12 bits per heavy atom. The standard InChI is InChI=1S/C15H12Cl2F2N2O3S/c1-8(15(22)20-13-5-3-10(18)7-12(13)19)21-25(23,24)14-6-9(16)2-4-11(14)17/h2-8,21H,1H3,(H,20,22)/t8-/m0/s1. The van der Waals surface area contributed by atoms with Gasteiger partial charge in [-0.3, -0.25) is 4.79 Å². The van der Waals surface area contributed by atoms with Crippen molar-refractivity contribution in [3.05, 3.63) is 58.1 Å². The Morgan fingerprint density at radius 3 is 2.44 bits per heavy atom. The summed E-state index contributed by atoms with van der Waals surface area (Å²) in [6, 6.07) is 5.17. The number of anilines is 1. The van der Waals surface area contributed by atoms with Crippen LogP contribution in [-0.2, 0) is 14.8 Å². The lowest BCUT2D eigenvalue weighted by Crippen LogP contribution is -2.41. The van der Waals surface area contributed by atoms with Crippen molar-refractivity contribution in [2.45, 2.75) is 17.9 Å². The first kappa shape index (κ1) is 19.6. The predicted octanol–water partition coefficient (Wildman–Crippen LogP) is 3.58. The van der Waals surface area contributed by atoms with E-state index in [0.717, 1.165) is 18.2 Å². The molecule has 0 aliphatic heterocycles. The van der Waals surface area contributed by atoms with Crippen LogP contribution < -0.4 is 10.0 Å². The number of carbonyl (C=O) groups excluding carboxylic acids is 1. The molecule has 1 atom stereocenters. The molecule has 2 aromatic rings. The molecular formula is C15H12Cl2F2N2O3S. The number of sulfonamides is 1. The van der Waals surface area contributed by atoms with E-state index in [1.165, 1.54) is 19.1 Å². The van der Waals surface area contributed by atoms with E-state index in [1.54, 1.807) is 0 Å². The molecule has 0 aliphatic rings. The first-order chi connectivity index (χ1) is 11.6. The monoisotopic (exact) mass is 408 g/mol. The smallest absolute Gasteiger partial charge is 0.242 e. The van der Waals surface area contributed by atoms with Crippen LogP contribution in [0.2, 0.25) is 10.0 Å². The maximum atomic E-state index is 13.5. The van der Waals surface area contributed by atoms with Gasteiger partial charge in [0.25, 0.3) is 0 Å². The van der Waals surface area contributed by atoms with Crippen LogP contribution >= 0.6 is 23.2 Å². The highest BCUT2D eigenvalue weighted by molar-refractivity contribution is 7.89. The minimum Gasteiger partial charge on any atom is -0.322 e. The van der Waals surface area contributed by atoms with Crippen LogP contribution in [0, 0.1) is 11.6 Å². The van der Waals surface area contributed by atoms with Gasteiger partial charge in [0.2, 0.25) is 15.9 Å². The van der Waals surface area contributed by atoms with E-state index >= 15 is 0 Å². The summed E-state index contributed by atoms with van der Waals surface area (Å²) in [4.78, 5) is 11.8. The van der Waals surface area contributed by atoms with Gasteiger partial charge in [0.15, 0.2) is 0 Å². The molecule has 5 nitrogen and oxygen atoms in total. The normalized spacial score (nSPS) is 12.7. The van der Waals surface area contributed by atoms with Gasteiger partial charge in [0.1, 0.15) is 16.5 Å². The second-order valence-corrected chi connectivity index (χ2v) is 7.56. The van der Waals surface area contributed by atoms with E-state index in [1.807, 2.05) is 0 Å². The minimum absolute atomic E-state index is 0.0749. The molecule has 2 rings (SSSR count). The fourth-order valence-electron chi connectivity index (χ4n) is 1.86. The zero-order chi connectivity index (χ0) is 18.8. The second-order valence-electron chi connectivity index (χ2n) is 5.03. The molecule has 0 heterocycles. The summed E-state index contributed by atoms with van der Waals surface area (Å²) in [5.41, 5.74) is -0.279. The van der Waals surface area contributed by atoms with Crippen molar-refractivity contribution in [1.29, 1.82) is 0 Å². The fraction of sp³-hybridized carbons (Fsp3) is 0.133. The molecule has 2 N–H and O–H groups in total. The molecule has 134 valence electrons. The van der Waals surface area contributed by atoms with Gasteiger partial charge in [-0.15, -0.1) is 0 Å². The van der Waals surface area contributed by atoms with E-state index in [2.05, 4.69) is 10.0 Å². The van der Waals surface area contributed by atoms with E-state index in [4.69, 9.17) is 23.2 Å². The molecule has 0 saturated heterocycles. The average molecular weight is 409 g/mol. The van der Waals surface area contributed by atoms with Crippen LogP contribution in [0.4, 0.5) is 14.5 Å². The van der Waals surface area contributed by atoms with Crippen LogP contribution in [0.5, 0.6) is 0 Å². The van der Waals surface area contributed by atoms with Gasteiger partial charge in [-0.05, 0) is 37.3 Å². The number of rotatable bonds is 5. The molecule has 0 spiro atoms. The van der Waals surface area contributed by atoms with Crippen molar-refractivity contribution in [3.8, 4) is 0 Å². The zero-order valence-electron chi connectivity index (χ0n) is 12.7. The Labute approximate surface area is 153 Å². The van der Waals surface area contributed by atoms with Crippen molar-refractivity contribution >= 4 is 44.8 Å². The second kappa shape index (κ2) is 7.65. The molecule has 0 aromatic heterocycles. The van der Waals surface area contributed by atoms with Crippen molar-refractivity contribution in [2.24, 2.45) is 0 Å². The third-order valence-corrected chi connectivity index (χ3v) is 5.35. The van der Waals surface area contributed by atoms with Gasteiger partial charge in [-0.25, -0.2) is 17.2 Å². The lowest BCUT2D eigenvalue weighted by Gasteiger charge is -2.15. The topological polar surface area (TPSA) is 75.3 Å². The summed E-state index contributed by atoms with van der Waals surface area (Å²) in [5.74, 6) is -2.63. The van der Waals surface area contributed by atoms with Gasteiger partial charge >= 0.3 is 0 Å². The summed E-state index contributed by atoms with van der Waals surface area (Å²) >= 11 is 11.6. The molecule has 1 amide bonds. The van der Waals surface area contributed by atoms with Gasteiger partial charge < -0.3 is 5.32 Å². The number of nitrogens with one attached hydrogen (secondary N) is 2. The molecule has 0 bridgehead atoms. The quantitative estimate of drug-likeness (QED) is 0.793. The van der Waals surface area contributed by atoms with E-state index in [-0.39, 0.29) is 20.6 Å². The molecule has 2 aromatic carbocycles. The van der Waals surface area contributed by atoms with Crippen LogP contribution in [0.1, 0.15) is 6.92 Å². The van der Waals surface area contributed by atoms with E-state index in [9.17, 15) is 22.0 Å². The Balaban J connectivity index is 2.16. The van der Waals surface area contributed by atoms with Crippen LogP contribution in [0.15, 0.2) is 41.3 Å².